The van der Waals surface area contributed by atoms with Gasteiger partial charge < -0.3 is 15.3 Å². The van der Waals surface area contributed by atoms with E-state index in [4.69, 9.17) is 0 Å². The average molecular weight is 298 g/mol. The SMILES string of the molecule is CN(CCNCC(O)c1c(F)cccc1F)C1CCCC1. The van der Waals surface area contributed by atoms with Crippen LogP contribution in [-0.2, 0) is 0 Å². The average Bonchev–Trinajstić information content (AvgIpc) is 2.97. The lowest BCUT2D eigenvalue weighted by atomic mass is 10.1. The molecule has 0 radical (unpaired) electrons. The summed E-state index contributed by atoms with van der Waals surface area (Å²) in [5.41, 5.74) is -0.255. The highest BCUT2D eigenvalue weighted by atomic mass is 19.1. The Morgan fingerprint density at radius 2 is 1.90 bits per heavy atom. The van der Waals surface area contributed by atoms with E-state index >= 15 is 0 Å². The van der Waals surface area contributed by atoms with Gasteiger partial charge in [0.05, 0.1) is 11.7 Å². The largest absolute Gasteiger partial charge is 0.387 e. The number of aliphatic hydroxyl groups excluding tert-OH is 1. The van der Waals surface area contributed by atoms with Crippen LogP contribution < -0.4 is 5.32 Å². The lowest BCUT2D eigenvalue weighted by Gasteiger charge is -2.24. The maximum absolute atomic E-state index is 13.5. The minimum absolute atomic E-state index is 0.149. The number of hydrogen-bond acceptors (Lipinski definition) is 3. The van der Waals surface area contributed by atoms with Crippen molar-refractivity contribution in [1.82, 2.24) is 10.2 Å². The molecule has 1 atom stereocenters. The Morgan fingerprint density at radius 3 is 2.52 bits per heavy atom. The van der Waals surface area contributed by atoms with Crippen LogP contribution in [0.2, 0.25) is 0 Å². The molecule has 1 unspecified atom stereocenters. The molecular formula is C16H24F2N2O. The van der Waals surface area contributed by atoms with E-state index < -0.39 is 17.7 Å². The van der Waals surface area contributed by atoms with Crippen molar-refractivity contribution in [1.29, 1.82) is 0 Å². The van der Waals surface area contributed by atoms with Crippen LogP contribution in [0, 0.1) is 11.6 Å². The summed E-state index contributed by atoms with van der Waals surface area (Å²) in [7, 11) is 2.10. The summed E-state index contributed by atoms with van der Waals surface area (Å²) in [6.45, 7) is 1.72. The number of hydrogen-bond donors (Lipinski definition) is 2. The molecule has 0 bridgehead atoms. The zero-order valence-electron chi connectivity index (χ0n) is 12.5. The number of likely N-dealkylation sites (N-methyl/N-ethyl adjacent to an activating group) is 1. The molecule has 1 fully saturated rings. The quantitative estimate of drug-likeness (QED) is 0.759. The lowest BCUT2D eigenvalue weighted by Crippen LogP contribution is -2.36. The van der Waals surface area contributed by atoms with Gasteiger partial charge in [-0.3, -0.25) is 0 Å². The molecular weight excluding hydrogens is 274 g/mol. The Kier molecular flexibility index (Phi) is 6.08. The smallest absolute Gasteiger partial charge is 0.131 e. The van der Waals surface area contributed by atoms with Gasteiger partial charge in [0.1, 0.15) is 11.6 Å². The monoisotopic (exact) mass is 298 g/mol. The summed E-state index contributed by atoms with van der Waals surface area (Å²) in [4.78, 5) is 2.32. The molecule has 0 heterocycles. The highest BCUT2D eigenvalue weighted by molar-refractivity contribution is 5.22. The maximum Gasteiger partial charge on any atom is 0.131 e. The third-order valence-electron chi connectivity index (χ3n) is 4.26. The predicted molar refractivity (Wildman–Crippen MR) is 79.1 cm³/mol. The molecule has 1 saturated carbocycles. The molecule has 1 aromatic carbocycles. The van der Waals surface area contributed by atoms with Crippen molar-refractivity contribution in [3.63, 3.8) is 0 Å². The van der Waals surface area contributed by atoms with Gasteiger partial charge in [-0.15, -0.1) is 0 Å². The van der Waals surface area contributed by atoms with Gasteiger partial charge in [-0.05, 0) is 32.0 Å². The van der Waals surface area contributed by atoms with E-state index in [9.17, 15) is 13.9 Å². The zero-order valence-corrected chi connectivity index (χ0v) is 12.5. The predicted octanol–water partition coefficient (Wildman–Crippen LogP) is 2.46. The van der Waals surface area contributed by atoms with Crippen molar-refractivity contribution < 1.29 is 13.9 Å². The van der Waals surface area contributed by atoms with E-state index in [1.165, 1.54) is 31.7 Å². The Bertz CT molecular complexity index is 430. The van der Waals surface area contributed by atoms with Crippen molar-refractivity contribution in [3.8, 4) is 0 Å². The first-order valence-electron chi connectivity index (χ1n) is 7.62. The van der Waals surface area contributed by atoms with Crippen molar-refractivity contribution in [2.24, 2.45) is 0 Å². The molecule has 1 aliphatic carbocycles. The van der Waals surface area contributed by atoms with Crippen molar-refractivity contribution in [3.05, 3.63) is 35.4 Å². The Balaban J connectivity index is 1.73. The van der Waals surface area contributed by atoms with Crippen LogP contribution in [0.5, 0.6) is 0 Å². The fourth-order valence-corrected chi connectivity index (χ4v) is 2.95. The second-order valence-electron chi connectivity index (χ2n) is 5.77. The Hall–Kier alpha value is -1.04. The summed E-state index contributed by atoms with van der Waals surface area (Å²) >= 11 is 0. The topological polar surface area (TPSA) is 35.5 Å². The van der Waals surface area contributed by atoms with Gasteiger partial charge in [0.25, 0.3) is 0 Å². The lowest BCUT2D eigenvalue weighted by molar-refractivity contribution is 0.161. The zero-order chi connectivity index (χ0) is 15.2. The van der Waals surface area contributed by atoms with Crippen molar-refractivity contribution >= 4 is 0 Å². The minimum atomic E-state index is -1.16. The van der Waals surface area contributed by atoms with Crippen LogP contribution >= 0.6 is 0 Å². The summed E-state index contributed by atoms with van der Waals surface area (Å²) in [6.07, 6.45) is 3.93. The van der Waals surface area contributed by atoms with Gasteiger partial charge in [-0.1, -0.05) is 18.9 Å². The van der Waals surface area contributed by atoms with Crippen molar-refractivity contribution in [2.45, 2.75) is 37.8 Å². The van der Waals surface area contributed by atoms with Gasteiger partial charge >= 0.3 is 0 Å². The van der Waals surface area contributed by atoms with Gasteiger partial charge in [0.2, 0.25) is 0 Å². The van der Waals surface area contributed by atoms with Crippen molar-refractivity contribution in [2.75, 3.05) is 26.7 Å². The second kappa shape index (κ2) is 7.82. The number of nitrogens with zero attached hydrogens (tertiary/aromatic N) is 1. The number of rotatable bonds is 7. The first-order chi connectivity index (χ1) is 10.1. The van der Waals surface area contributed by atoms with Crippen LogP contribution in [-0.4, -0.2) is 42.7 Å². The molecule has 2 N–H and O–H groups in total. The fraction of sp³-hybridized carbons (Fsp3) is 0.625. The van der Waals surface area contributed by atoms with Crippen LogP contribution in [0.15, 0.2) is 18.2 Å². The number of benzene rings is 1. The van der Waals surface area contributed by atoms with Crippen LogP contribution in [0.1, 0.15) is 37.4 Å². The minimum Gasteiger partial charge on any atom is -0.387 e. The molecule has 1 aliphatic rings. The maximum atomic E-state index is 13.5. The first kappa shape index (κ1) is 16.3. The highest BCUT2D eigenvalue weighted by Crippen LogP contribution is 2.22. The van der Waals surface area contributed by atoms with Crippen LogP contribution in [0.4, 0.5) is 8.78 Å². The Morgan fingerprint density at radius 1 is 1.29 bits per heavy atom. The van der Waals surface area contributed by atoms with E-state index in [0.717, 1.165) is 18.7 Å². The number of halogens is 2. The first-order valence-corrected chi connectivity index (χ1v) is 7.62. The standard InChI is InChI=1S/C16H24F2N2O/c1-20(12-5-2-3-6-12)10-9-19-11-15(21)16-13(17)7-4-8-14(16)18/h4,7-8,12,15,19,21H,2-3,5-6,9-11H2,1H3. The van der Waals surface area contributed by atoms with E-state index in [1.54, 1.807) is 0 Å². The highest BCUT2D eigenvalue weighted by Gasteiger charge is 2.20. The molecule has 0 aliphatic heterocycles. The Labute approximate surface area is 125 Å². The summed E-state index contributed by atoms with van der Waals surface area (Å²) in [5, 5.41) is 13.0. The van der Waals surface area contributed by atoms with Gasteiger partial charge in [-0.2, -0.15) is 0 Å². The third kappa shape index (κ3) is 4.46. The fourth-order valence-electron chi connectivity index (χ4n) is 2.95. The summed E-state index contributed by atoms with van der Waals surface area (Å²) < 4.78 is 27.0. The molecule has 0 saturated heterocycles. The second-order valence-corrected chi connectivity index (χ2v) is 5.77. The van der Waals surface area contributed by atoms with Crippen LogP contribution in [0.25, 0.3) is 0 Å². The van der Waals surface area contributed by atoms with Gasteiger partial charge in [0.15, 0.2) is 0 Å². The molecule has 21 heavy (non-hydrogen) atoms. The molecule has 0 amide bonds. The normalized spacial score (nSPS) is 17.6. The molecule has 1 aromatic rings. The van der Waals surface area contributed by atoms with E-state index in [0.29, 0.717) is 12.6 Å². The van der Waals surface area contributed by atoms with Gasteiger partial charge in [0, 0.05) is 25.7 Å². The molecule has 0 aromatic heterocycles. The number of nitrogens with one attached hydrogen (secondary N) is 1. The molecule has 2 rings (SSSR count). The molecule has 118 valence electrons. The van der Waals surface area contributed by atoms with E-state index in [-0.39, 0.29) is 12.1 Å². The third-order valence-corrected chi connectivity index (χ3v) is 4.26. The number of aliphatic hydroxyl groups is 1. The molecule has 3 nitrogen and oxygen atoms in total. The summed E-state index contributed by atoms with van der Waals surface area (Å²) in [6, 6.07) is 4.27. The van der Waals surface area contributed by atoms with E-state index in [1.807, 2.05) is 0 Å². The molecule has 5 heteroatoms. The van der Waals surface area contributed by atoms with Crippen LogP contribution in [0.3, 0.4) is 0 Å². The van der Waals surface area contributed by atoms with E-state index in [2.05, 4.69) is 17.3 Å². The summed E-state index contributed by atoms with van der Waals surface area (Å²) in [5.74, 6) is -1.40. The van der Waals surface area contributed by atoms with Gasteiger partial charge in [-0.25, -0.2) is 8.78 Å². The molecule has 0 spiro atoms.